The second-order valence-corrected chi connectivity index (χ2v) is 3.57. The molecule has 1 aromatic rings. The first-order valence-corrected chi connectivity index (χ1v) is 4.53. The van der Waals surface area contributed by atoms with E-state index in [1.165, 1.54) is 12.1 Å². The minimum absolute atomic E-state index is 0.158. The van der Waals surface area contributed by atoms with Crippen molar-refractivity contribution in [1.82, 2.24) is 0 Å². The maximum absolute atomic E-state index is 11.3. The van der Waals surface area contributed by atoms with E-state index in [2.05, 4.69) is 0 Å². The number of halogens is 1. The third-order valence-electron chi connectivity index (χ3n) is 1.99. The lowest BCUT2D eigenvalue weighted by atomic mass is 10.0. The third kappa shape index (κ3) is 2.05. The van der Waals surface area contributed by atoms with Crippen molar-refractivity contribution in [2.75, 3.05) is 0 Å². The topological polar surface area (TPSA) is 57.5 Å². The number of rotatable bonds is 2. The molecule has 0 saturated heterocycles. The van der Waals surface area contributed by atoms with Crippen molar-refractivity contribution in [2.24, 2.45) is 0 Å². The zero-order chi connectivity index (χ0) is 10.9. The van der Waals surface area contributed by atoms with Crippen LogP contribution < -0.4 is 0 Å². The van der Waals surface area contributed by atoms with Gasteiger partial charge in [0.25, 0.3) is 0 Å². The Kier molecular flexibility index (Phi) is 3.13. The van der Waals surface area contributed by atoms with E-state index in [4.69, 9.17) is 16.7 Å². The van der Waals surface area contributed by atoms with Crippen LogP contribution in [0.25, 0.3) is 0 Å². The summed E-state index contributed by atoms with van der Waals surface area (Å²) in [5.41, 5.74) is -0.0463. The van der Waals surface area contributed by atoms with Gasteiger partial charge < -0.3 is 10.2 Å². The molecule has 0 bridgehead atoms. The van der Waals surface area contributed by atoms with Crippen LogP contribution in [0.2, 0.25) is 0 Å². The van der Waals surface area contributed by atoms with Gasteiger partial charge >= 0.3 is 0 Å². The van der Waals surface area contributed by atoms with Gasteiger partial charge in [-0.05, 0) is 37.1 Å². The van der Waals surface area contributed by atoms with Gasteiger partial charge in [0.1, 0.15) is 5.75 Å². The van der Waals surface area contributed by atoms with E-state index in [1.807, 2.05) is 0 Å². The number of ketones is 1. The third-order valence-corrected chi connectivity index (χ3v) is 2.19. The average molecular weight is 215 g/mol. The highest BCUT2D eigenvalue weighted by atomic mass is 35.5. The molecular weight excluding hydrogens is 204 g/mol. The van der Waals surface area contributed by atoms with Crippen molar-refractivity contribution in [3.05, 3.63) is 28.8 Å². The van der Waals surface area contributed by atoms with Gasteiger partial charge in [0, 0.05) is 5.56 Å². The number of phenolic OH excluding ortho intramolecular Hbond substituents is 1. The summed E-state index contributed by atoms with van der Waals surface area (Å²) in [6, 6.07) is 2.99. The SMILES string of the molecule is Cc1cc(C(=O)C(O)Cl)cc(C)c1O. The highest BCUT2D eigenvalue weighted by Crippen LogP contribution is 2.23. The fourth-order valence-corrected chi connectivity index (χ4v) is 1.36. The summed E-state index contributed by atoms with van der Waals surface area (Å²) < 4.78 is 0. The Morgan fingerprint density at radius 1 is 1.36 bits per heavy atom. The molecule has 0 radical (unpaired) electrons. The largest absolute Gasteiger partial charge is 0.507 e. The van der Waals surface area contributed by atoms with Crippen LogP contribution in [0.4, 0.5) is 0 Å². The van der Waals surface area contributed by atoms with E-state index in [-0.39, 0.29) is 5.75 Å². The number of aryl methyl sites for hydroxylation is 2. The molecule has 0 heterocycles. The second-order valence-electron chi connectivity index (χ2n) is 3.16. The molecule has 0 amide bonds. The predicted molar refractivity (Wildman–Crippen MR) is 53.8 cm³/mol. The number of aliphatic hydroxyl groups is 1. The van der Waals surface area contributed by atoms with Crippen molar-refractivity contribution in [3.63, 3.8) is 0 Å². The number of hydrogen-bond acceptors (Lipinski definition) is 3. The molecule has 14 heavy (non-hydrogen) atoms. The lowest BCUT2D eigenvalue weighted by Gasteiger charge is -2.07. The van der Waals surface area contributed by atoms with Crippen molar-refractivity contribution >= 4 is 17.4 Å². The molecule has 0 fully saturated rings. The van der Waals surface area contributed by atoms with E-state index in [1.54, 1.807) is 13.8 Å². The molecule has 0 spiro atoms. The summed E-state index contributed by atoms with van der Waals surface area (Å²) in [6.07, 6.45) is 0. The Bertz CT molecular complexity index is 349. The Morgan fingerprint density at radius 2 is 1.79 bits per heavy atom. The van der Waals surface area contributed by atoms with Crippen LogP contribution in [0.5, 0.6) is 5.75 Å². The maximum Gasteiger partial charge on any atom is 0.206 e. The van der Waals surface area contributed by atoms with E-state index < -0.39 is 11.3 Å². The molecule has 2 N–H and O–H groups in total. The molecule has 1 aromatic carbocycles. The van der Waals surface area contributed by atoms with E-state index in [0.29, 0.717) is 16.7 Å². The molecule has 0 aliphatic heterocycles. The number of hydrogen-bond donors (Lipinski definition) is 2. The van der Waals surface area contributed by atoms with Crippen LogP contribution in [0.3, 0.4) is 0 Å². The van der Waals surface area contributed by atoms with Gasteiger partial charge in [0.15, 0.2) is 5.56 Å². The van der Waals surface area contributed by atoms with E-state index in [0.717, 1.165) is 0 Å². The van der Waals surface area contributed by atoms with Crippen LogP contribution in [0.1, 0.15) is 21.5 Å². The highest BCUT2D eigenvalue weighted by Gasteiger charge is 2.15. The van der Waals surface area contributed by atoms with Gasteiger partial charge in [0.2, 0.25) is 5.78 Å². The maximum atomic E-state index is 11.3. The summed E-state index contributed by atoms with van der Waals surface area (Å²) in [4.78, 5) is 11.3. The molecule has 0 aliphatic carbocycles. The monoisotopic (exact) mass is 214 g/mol. The molecule has 76 valence electrons. The van der Waals surface area contributed by atoms with Gasteiger partial charge in [-0.25, -0.2) is 0 Å². The summed E-state index contributed by atoms with van der Waals surface area (Å²) in [7, 11) is 0. The molecule has 0 saturated carbocycles. The molecule has 0 aromatic heterocycles. The number of carbonyl (C=O) groups excluding carboxylic acids is 1. The zero-order valence-corrected chi connectivity index (χ0v) is 8.67. The van der Waals surface area contributed by atoms with Gasteiger partial charge in [-0.3, -0.25) is 4.79 Å². The minimum Gasteiger partial charge on any atom is -0.507 e. The van der Waals surface area contributed by atoms with Gasteiger partial charge in [0.05, 0.1) is 0 Å². The minimum atomic E-state index is -1.53. The molecular formula is C10H11ClO3. The Morgan fingerprint density at radius 3 is 2.14 bits per heavy atom. The smallest absolute Gasteiger partial charge is 0.206 e. The normalized spacial score (nSPS) is 12.6. The standard InChI is InChI=1S/C10H11ClO3/c1-5-3-7(9(13)10(11)14)4-6(2)8(5)12/h3-4,10,12,14H,1-2H3. The zero-order valence-electron chi connectivity index (χ0n) is 7.91. The number of Topliss-reactive ketones (excluding diaryl/α,β-unsaturated/α-hetero) is 1. The van der Waals surface area contributed by atoms with Crippen molar-refractivity contribution in [1.29, 1.82) is 0 Å². The summed E-state index contributed by atoms with van der Waals surface area (Å²) >= 11 is 5.25. The quantitative estimate of drug-likeness (QED) is 0.583. The van der Waals surface area contributed by atoms with Crippen molar-refractivity contribution < 1.29 is 15.0 Å². The second kappa shape index (κ2) is 3.98. The van der Waals surface area contributed by atoms with Crippen LogP contribution in [0.15, 0.2) is 12.1 Å². The predicted octanol–water partition coefficient (Wildman–Crippen LogP) is 1.75. The Balaban J connectivity index is 3.19. The van der Waals surface area contributed by atoms with Crippen LogP contribution >= 0.6 is 11.6 Å². The molecule has 1 rings (SSSR count). The number of alkyl halides is 1. The lowest BCUT2D eigenvalue weighted by Crippen LogP contribution is -2.13. The first-order chi connectivity index (χ1) is 6.43. The molecule has 3 nitrogen and oxygen atoms in total. The number of aliphatic hydroxyl groups excluding tert-OH is 1. The Labute approximate surface area is 86.9 Å². The van der Waals surface area contributed by atoms with Crippen molar-refractivity contribution in [2.45, 2.75) is 19.4 Å². The summed E-state index contributed by atoms with van der Waals surface area (Å²) in [6.45, 7) is 3.36. The number of phenols is 1. The average Bonchev–Trinajstić information content (AvgIpc) is 2.12. The van der Waals surface area contributed by atoms with Crippen LogP contribution in [-0.4, -0.2) is 21.6 Å². The molecule has 0 aliphatic rings. The first-order valence-electron chi connectivity index (χ1n) is 4.10. The van der Waals surface area contributed by atoms with E-state index >= 15 is 0 Å². The van der Waals surface area contributed by atoms with Gasteiger partial charge in [-0.15, -0.1) is 0 Å². The number of aromatic hydroxyl groups is 1. The summed E-state index contributed by atoms with van der Waals surface area (Å²) in [5, 5.41) is 18.3. The lowest BCUT2D eigenvalue weighted by molar-refractivity contribution is 0.0860. The Hall–Kier alpha value is -1.06. The molecule has 1 unspecified atom stereocenters. The van der Waals surface area contributed by atoms with Crippen molar-refractivity contribution in [3.8, 4) is 5.75 Å². The fourth-order valence-electron chi connectivity index (χ4n) is 1.24. The fraction of sp³-hybridized carbons (Fsp3) is 0.300. The van der Waals surface area contributed by atoms with E-state index in [9.17, 15) is 9.90 Å². The summed E-state index contributed by atoms with van der Waals surface area (Å²) in [5.74, 6) is -0.400. The van der Waals surface area contributed by atoms with Crippen LogP contribution in [0, 0.1) is 13.8 Å². The van der Waals surface area contributed by atoms with Gasteiger partial charge in [-0.2, -0.15) is 0 Å². The number of carbonyl (C=O) groups is 1. The van der Waals surface area contributed by atoms with Crippen LogP contribution in [-0.2, 0) is 0 Å². The van der Waals surface area contributed by atoms with Gasteiger partial charge in [-0.1, -0.05) is 11.6 Å². The highest BCUT2D eigenvalue weighted by molar-refractivity contribution is 6.32. The molecule has 1 atom stereocenters. The first kappa shape index (κ1) is 11.0. The number of benzene rings is 1. The molecule has 4 heteroatoms.